The van der Waals surface area contributed by atoms with Crippen LogP contribution in [-0.4, -0.2) is 28.7 Å². The summed E-state index contributed by atoms with van der Waals surface area (Å²) in [6, 6.07) is 11.0. The lowest BCUT2D eigenvalue weighted by Gasteiger charge is -2.26. The maximum absolute atomic E-state index is 13.7. The highest BCUT2D eigenvalue weighted by Crippen LogP contribution is 2.35. The summed E-state index contributed by atoms with van der Waals surface area (Å²) in [5.74, 6) is -0.0209. The SMILES string of the molecule is CCOC(=O)C1=C(C)N=c2s/c(=C\c3ccc(Br)c([N+](=O)[O-])c3)c(=O)n2[C@H]1c1ccccc1OCC. The van der Waals surface area contributed by atoms with Crippen molar-refractivity contribution in [3.63, 3.8) is 0 Å². The lowest BCUT2D eigenvalue weighted by atomic mass is 9.95. The van der Waals surface area contributed by atoms with Gasteiger partial charge < -0.3 is 9.47 Å². The van der Waals surface area contributed by atoms with Crippen molar-refractivity contribution in [3.8, 4) is 5.75 Å². The molecular formula is C25H22BrN3O6S. The van der Waals surface area contributed by atoms with E-state index in [0.29, 0.717) is 43.0 Å². The van der Waals surface area contributed by atoms with Gasteiger partial charge in [-0.25, -0.2) is 9.79 Å². The number of rotatable bonds is 7. The van der Waals surface area contributed by atoms with Gasteiger partial charge in [0.2, 0.25) is 0 Å². The molecule has 0 spiro atoms. The predicted molar refractivity (Wildman–Crippen MR) is 139 cm³/mol. The van der Waals surface area contributed by atoms with Crippen LogP contribution in [0.2, 0.25) is 0 Å². The van der Waals surface area contributed by atoms with E-state index in [-0.39, 0.29) is 23.4 Å². The topological polar surface area (TPSA) is 113 Å². The molecule has 0 aliphatic carbocycles. The summed E-state index contributed by atoms with van der Waals surface area (Å²) in [7, 11) is 0. The van der Waals surface area contributed by atoms with Crippen LogP contribution in [-0.2, 0) is 9.53 Å². The molecule has 1 aliphatic rings. The summed E-state index contributed by atoms with van der Waals surface area (Å²) in [6.45, 7) is 5.84. The molecule has 0 N–H and O–H groups in total. The van der Waals surface area contributed by atoms with Gasteiger partial charge in [0, 0.05) is 11.6 Å². The number of esters is 1. The van der Waals surface area contributed by atoms with Crippen molar-refractivity contribution < 1.29 is 19.2 Å². The monoisotopic (exact) mass is 571 g/mol. The number of carbonyl (C=O) groups is 1. The number of hydrogen-bond donors (Lipinski definition) is 0. The molecule has 0 saturated carbocycles. The van der Waals surface area contributed by atoms with Crippen molar-refractivity contribution in [1.82, 2.24) is 4.57 Å². The number of fused-ring (bicyclic) bond motifs is 1. The third-order valence-electron chi connectivity index (χ3n) is 5.50. The molecule has 9 nitrogen and oxygen atoms in total. The minimum Gasteiger partial charge on any atom is -0.494 e. The van der Waals surface area contributed by atoms with Crippen LogP contribution in [0.1, 0.15) is 37.9 Å². The van der Waals surface area contributed by atoms with E-state index in [1.807, 2.05) is 25.1 Å². The maximum atomic E-state index is 13.7. The number of nitro benzene ring substituents is 1. The van der Waals surface area contributed by atoms with Gasteiger partial charge in [0.25, 0.3) is 11.2 Å². The first-order valence-electron chi connectivity index (χ1n) is 11.1. The zero-order chi connectivity index (χ0) is 26.0. The number of halogens is 1. The quantitative estimate of drug-likeness (QED) is 0.241. The van der Waals surface area contributed by atoms with Crippen molar-refractivity contribution >= 4 is 45.0 Å². The number of thiazole rings is 1. The molecule has 1 aromatic heterocycles. The van der Waals surface area contributed by atoms with Crippen LogP contribution in [0.5, 0.6) is 5.75 Å². The standard InChI is InChI=1S/C25H22BrN3O6S/c1-4-34-19-9-7-6-8-16(19)22-21(24(31)35-5-2)14(3)27-25-28(22)23(30)20(36-25)13-15-10-11-17(26)18(12-15)29(32)33/h6-13,22H,4-5H2,1-3H3/b20-13-/t22-/m0/s1. The molecule has 3 aromatic rings. The maximum Gasteiger partial charge on any atom is 0.338 e. The predicted octanol–water partition coefficient (Wildman–Crippen LogP) is 3.87. The molecule has 36 heavy (non-hydrogen) atoms. The lowest BCUT2D eigenvalue weighted by molar-refractivity contribution is -0.385. The number of para-hydroxylation sites is 1. The first-order valence-corrected chi connectivity index (χ1v) is 12.7. The van der Waals surface area contributed by atoms with Crippen LogP contribution in [0.3, 0.4) is 0 Å². The number of nitrogens with zero attached hydrogens (tertiary/aromatic N) is 3. The second kappa shape index (κ2) is 10.6. The number of hydrogen-bond acceptors (Lipinski definition) is 8. The van der Waals surface area contributed by atoms with E-state index in [1.165, 1.54) is 10.6 Å². The van der Waals surface area contributed by atoms with Crippen LogP contribution >= 0.6 is 27.3 Å². The van der Waals surface area contributed by atoms with E-state index in [2.05, 4.69) is 20.9 Å². The molecule has 1 atom stereocenters. The fraction of sp³-hybridized carbons (Fsp3) is 0.240. The Kier molecular flexibility index (Phi) is 7.51. The van der Waals surface area contributed by atoms with Gasteiger partial charge >= 0.3 is 5.97 Å². The Hall–Kier alpha value is -3.57. The average molecular weight is 572 g/mol. The highest BCUT2D eigenvalue weighted by Gasteiger charge is 2.35. The Morgan fingerprint density at radius 3 is 2.69 bits per heavy atom. The highest BCUT2D eigenvalue weighted by molar-refractivity contribution is 9.10. The molecule has 0 bridgehead atoms. The molecule has 1 aliphatic heterocycles. The molecule has 2 aromatic carbocycles. The number of allylic oxidation sites excluding steroid dienone is 1. The van der Waals surface area contributed by atoms with E-state index in [1.54, 1.807) is 38.1 Å². The fourth-order valence-electron chi connectivity index (χ4n) is 3.99. The Morgan fingerprint density at radius 2 is 2.00 bits per heavy atom. The molecule has 0 radical (unpaired) electrons. The molecule has 0 fully saturated rings. The molecule has 4 rings (SSSR count). The summed E-state index contributed by atoms with van der Waals surface area (Å²) in [4.78, 5) is 42.6. The third-order valence-corrected chi connectivity index (χ3v) is 7.15. The summed E-state index contributed by atoms with van der Waals surface area (Å²) in [5, 5.41) is 11.3. The molecule has 0 unspecified atom stereocenters. The largest absolute Gasteiger partial charge is 0.494 e. The second-order valence-electron chi connectivity index (χ2n) is 7.74. The van der Waals surface area contributed by atoms with E-state index in [9.17, 15) is 19.7 Å². The molecular weight excluding hydrogens is 550 g/mol. The van der Waals surface area contributed by atoms with Crippen molar-refractivity contribution in [2.75, 3.05) is 13.2 Å². The van der Waals surface area contributed by atoms with Gasteiger partial charge in [-0.1, -0.05) is 35.6 Å². The highest BCUT2D eigenvalue weighted by atomic mass is 79.9. The van der Waals surface area contributed by atoms with Crippen molar-refractivity contribution in [2.24, 2.45) is 4.99 Å². The van der Waals surface area contributed by atoms with Gasteiger partial charge in [-0.05, 0) is 60.5 Å². The Labute approximate surface area is 218 Å². The third kappa shape index (κ3) is 4.76. The van der Waals surface area contributed by atoms with Crippen LogP contribution < -0.4 is 19.6 Å². The Morgan fingerprint density at radius 1 is 1.25 bits per heavy atom. The fourth-order valence-corrected chi connectivity index (χ4v) is 5.43. The van der Waals surface area contributed by atoms with Gasteiger partial charge in [0.15, 0.2) is 4.80 Å². The van der Waals surface area contributed by atoms with E-state index in [4.69, 9.17) is 9.47 Å². The number of ether oxygens (including phenoxy) is 2. The van der Waals surface area contributed by atoms with Crippen molar-refractivity contribution in [3.05, 3.63) is 99.1 Å². The van der Waals surface area contributed by atoms with Gasteiger partial charge in [0.1, 0.15) is 11.8 Å². The van der Waals surface area contributed by atoms with Crippen molar-refractivity contribution in [1.29, 1.82) is 0 Å². The summed E-state index contributed by atoms with van der Waals surface area (Å²) in [6.07, 6.45) is 1.58. The minimum atomic E-state index is -0.815. The number of benzene rings is 2. The van der Waals surface area contributed by atoms with Crippen LogP contribution in [0.4, 0.5) is 5.69 Å². The molecule has 0 amide bonds. The number of carbonyl (C=O) groups excluding carboxylic acids is 1. The zero-order valence-corrected chi connectivity index (χ0v) is 22.1. The molecule has 11 heteroatoms. The van der Waals surface area contributed by atoms with Gasteiger partial charge in [0.05, 0.1) is 38.4 Å². The normalized spacial score (nSPS) is 15.3. The van der Waals surface area contributed by atoms with Crippen molar-refractivity contribution in [2.45, 2.75) is 26.8 Å². The average Bonchev–Trinajstić information content (AvgIpc) is 3.14. The number of aromatic nitrogens is 1. The van der Waals surface area contributed by atoms with E-state index < -0.39 is 16.9 Å². The summed E-state index contributed by atoms with van der Waals surface area (Å²) in [5.41, 5.74) is 1.32. The Bertz CT molecular complexity index is 1570. The van der Waals surface area contributed by atoms with E-state index >= 15 is 0 Å². The number of nitro groups is 1. The van der Waals surface area contributed by atoms with E-state index in [0.717, 1.165) is 11.3 Å². The first kappa shape index (κ1) is 25.5. The van der Waals surface area contributed by atoms with Crippen LogP contribution in [0, 0.1) is 10.1 Å². The lowest BCUT2D eigenvalue weighted by Crippen LogP contribution is -2.40. The summed E-state index contributed by atoms with van der Waals surface area (Å²) < 4.78 is 13.3. The smallest absolute Gasteiger partial charge is 0.338 e. The molecule has 0 saturated heterocycles. The Balaban J connectivity index is 1.97. The molecule has 2 heterocycles. The second-order valence-corrected chi connectivity index (χ2v) is 9.60. The zero-order valence-electron chi connectivity index (χ0n) is 19.7. The van der Waals surface area contributed by atoms with Gasteiger partial charge in [-0.15, -0.1) is 0 Å². The van der Waals surface area contributed by atoms with Gasteiger partial charge in [-0.3, -0.25) is 19.5 Å². The molecule has 186 valence electrons. The van der Waals surface area contributed by atoms with Gasteiger partial charge in [-0.2, -0.15) is 0 Å². The van der Waals surface area contributed by atoms with Crippen LogP contribution in [0.25, 0.3) is 6.08 Å². The first-order chi connectivity index (χ1) is 17.3. The minimum absolute atomic E-state index is 0.111. The summed E-state index contributed by atoms with van der Waals surface area (Å²) >= 11 is 4.32. The van der Waals surface area contributed by atoms with Crippen LogP contribution in [0.15, 0.2) is 68.0 Å².